The number of esters is 1. The second-order valence-corrected chi connectivity index (χ2v) is 7.12. The van der Waals surface area contributed by atoms with Crippen molar-refractivity contribution in [1.82, 2.24) is 4.90 Å². The molecule has 0 aromatic heterocycles. The monoisotopic (exact) mass is 303 g/mol. The zero-order valence-electron chi connectivity index (χ0n) is 12.5. The van der Waals surface area contributed by atoms with Gasteiger partial charge in [-0.2, -0.15) is 0 Å². The lowest BCUT2D eigenvalue weighted by atomic mass is 10.2. The molecule has 1 aliphatic rings. The van der Waals surface area contributed by atoms with Crippen molar-refractivity contribution in [2.75, 3.05) is 13.7 Å². The Kier molecular flexibility index (Phi) is 5.44. The van der Waals surface area contributed by atoms with Crippen LogP contribution in [0.5, 0.6) is 0 Å². The molecule has 0 aromatic rings. The van der Waals surface area contributed by atoms with Crippen LogP contribution in [-0.2, 0) is 19.1 Å². The first-order chi connectivity index (χ1) is 9.14. The van der Waals surface area contributed by atoms with Gasteiger partial charge in [0.1, 0.15) is 11.6 Å². The number of likely N-dealkylation sites (tertiary alicyclic amines) is 1. The summed E-state index contributed by atoms with van der Waals surface area (Å²) in [4.78, 5) is 36.4. The highest BCUT2D eigenvalue weighted by Gasteiger charge is 2.42. The van der Waals surface area contributed by atoms with Crippen molar-refractivity contribution in [3.63, 3.8) is 0 Å². The Morgan fingerprint density at radius 3 is 2.30 bits per heavy atom. The van der Waals surface area contributed by atoms with Crippen LogP contribution in [-0.4, -0.2) is 52.6 Å². The van der Waals surface area contributed by atoms with Gasteiger partial charge < -0.3 is 9.47 Å². The molecule has 0 radical (unpaired) electrons. The standard InChI is InChI=1S/C13H21NO5S/c1-8(15)20-9-6-10(11(16)18-5)14(7-9)12(17)19-13(2,3)4/h9-10H,6-7H2,1-5H3/t9-,10-/m1/s1. The van der Waals surface area contributed by atoms with E-state index in [2.05, 4.69) is 0 Å². The first-order valence-corrected chi connectivity index (χ1v) is 7.26. The normalized spacial score (nSPS) is 22.6. The molecular formula is C13H21NO5S. The van der Waals surface area contributed by atoms with Gasteiger partial charge in [0.05, 0.1) is 7.11 Å². The molecule has 1 aliphatic heterocycles. The average Bonchev–Trinajstić information content (AvgIpc) is 2.68. The molecular weight excluding hydrogens is 282 g/mol. The fraction of sp³-hybridized carbons (Fsp3) is 0.769. The maximum atomic E-state index is 12.1. The molecule has 1 heterocycles. The first kappa shape index (κ1) is 16.8. The second-order valence-electron chi connectivity index (χ2n) is 5.64. The van der Waals surface area contributed by atoms with E-state index in [1.807, 2.05) is 0 Å². The van der Waals surface area contributed by atoms with Crippen molar-refractivity contribution >= 4 is 28.9 Å². The summed E-state index contributed by atoms with van der Waals surface area (Å²) in [5.41, 5.74) is -0.635. The van der Waals surface area contributed by atoms with Crippen molar-refractivity contribution in [1.29, 1.82) is 0 Å². The third-order valence-electron chi connectivity index (χ3n) is 2.70. The Bertz CT molecular complexity index is 404. The number of carbonyl (C=O) groups excluding carboxylic acids is 3. The van der Waals surface area contributed by atoms with E-state index >= 15 is 0 Å². The largest absolute Gasteiger partial charge is 0.467 e. The smallest absolute Gasteiger partial charge is 0.411 e. The van der Waals surface area contributed by atoms with E-state index in [1.54, 1.807) is 20.8 Å². The van der Waals surface area contributed by atoms with Gasteiger partial charge in [0, 0.05) is 18.7 Å². The summed E-state index contributed by atoms with van der Waals surface area (Å²) in [5.74, 6) is -0.484. The minimum atomic E-state index is -0.688. The number of amides is 1. The Labute approximate surface area is 123 Å². The molecule has 2 atom stereocenters. The van der Waals surface area contributed by atoms with Gasteiger partial charge in [-0.15, -0.1) is 0 Å². The van der Waals surface area contributed by atoms with Gasteiger partial charge in [0.2, 0.25) is 0 Å². The van der Waals surface area contributed by atoms with Crippen molar-refractivity contribution in [2.45, 2.75) is 51.0 Å². The minimum absolute atomic E-state index is 0.0374. The van der Waals surface area contributed by atoms with Gasteiger partial charge in [-0.25, -0.2) is 9.59 Å². The molecule has 1 amide bonds. The molecule has 114 valence electrons. The Hall–Kier alpha value is -1.24. The second kappa shape index (κ2) is 6.47. The molecule has 7 heteroatoms. The molecule has 0 unspecified atom stereocenters. The number of methoxy groups -OCH3 is 1. The van der Waals surface area contributed by atoms with E-state index in [9.17, 15) is 14.4 Å². The molecule has 0 aliphatic carbocycles. The molecule has 0 aromatic carbocycles. The van der Waals surface area contributed by atoms with E-state index in [1.165, 1.54) is 18.9 Å². The number of rotatable bonds is 2. The van der Waals surface area contributed by atoms with E-state index < -0.39 is 23.7 Å². The topological polar surface area (TPSA) is 72.9 Å². The fourth-order valence-corrected chi connectivity index (χ4v) is 2.98. The maximum Gasteiger partial charge on any atom is 0.411 e. The third kappa shape index (κ3) is 4.70. The van der Waals surface area contributed by atoms with E-state index in [0.29, 0.717) is 13.0 Å². The quantitative estimate of drug-likeness (QED) is 0.725. The van der Waals surface area contributed by atoms with Gasteiger partial charge in [0.15, 0.2) is 5.12 Å². The molecule has 1 saturated heterocycles. The molecule has 0 saturated carbocycles. The summed E-state index contributed by atoms with van der Waals surface area (Å²) in [6, 6.07) is -0.688. The van der Waals surface area contributed by atoms with Gasteiger partial charge in [0.25, 0.3) is 0 Å². The summed E-state index contributed by atoms with van der Waals surface area (Å²) in [6.45, 7) is 7.05. The average molecular weight is 303 g/mol. The van der Waals surface area contributed by atoms with E-state index in [0.717, 1.165) is 11.8 Å². The Morgan fingerprint density at radius 2 is 1.85 bits per heavy atom. The number of thioether (sulfide) groups is 1. The Balaban J connectivity index is 2.81. The third-order valence-corrected chi connectivity index (χ3v) is 3.70. The number of ether oxygens (including phenoxy) is 2. The summed E-state index contributed by atoms with van der Waals surface area (Å²) in [5, 5.41) is -0.145. The van der Waals surface area contributed by atoms with Gasteiger partial charge in [-0.05, 0) is 27.2 Å². The van der Waals surface area contributed by atoms with Crippen LogP contribution in [0.2, 0.25) is 0 Å². The molecule has 0 N–H and O–H groups in total. The highest BCUT2D eigenvalue weighted by atomic mass is 32.2. The lowest BCUT2D eigenvalue weighted by Gasteiger charge is -2.27. The molecule has 0 bridgehead atoms. The van der Waals surface area contributed by atoms with Gasteiger partial charge in [-0.3, -0.25) is 9.69 Å². The van der Waals surface area contributed by atoms with Crippen LogP contribution in [0.4, 0.5) is 4.79 Å². The highest BCUT2D eigenvalue weighted by Crippen LogP contribution is 2.30. The Morgan fingerprint density at radius 1 is 1.25 bits per heavy atom. The van der Waals surface area contributed by atoms with Crippen LogP contribution < -0.4 is 0 Å². The molecule has 1 rings (SSSR count). The van der Waals surface area contributed by atoms with Gasteiger partial charge >= 0.3 is 12.1 Å². The van der Waals surface area contributed by atoms with E-state index in [4.69, 9.17) is 9.47 Å². The van der Waals surface area contributed by atoms with Crippen LogP contribution >= 0.6 is 11.8 Å². The SMILES string of the molecule is COC(=O)[C@H]1C[C@@H](SC(C)=O)CN1C(=O)OC(C)(C)C. The summed E-state index contributed by atoms with van der Waals surface area (Å²) in [7, 11) is 1.28. The number of hydrogen-bond acceptors (Lipinski definition) is 6. The molecule has 20 heavy (non-hydrogen) atoms. The van der Waals surface area contributed by atoms with Crippen molar-refractivity contribution in [2.24, 2.45) is 0 Å². The van der Waals surface area contributed by atoms with Crippen molar-refractivity contribution < 1.29 is 23.9 Å². The number of carbonyl (C=O) groups is 3. The van der Waals surface area contributed by atoms with Crippen LogP contribution in [0.25, 0.3) is 0 Å². The van der Waals surface area contributed by atoms with Crippen LogP contribution in [0, 0.1) is 0 Å². The summed E-state index contributed by atoms with van der Waals surface area (Å²) in [6.07, 6.45) is -0.157. The minimum Gasteiger partial charge on any atom is -0.467 e. The van der Waals surface area contributed by atoms with Crippen LogP contribution in [0.3, 0.4) is 0 Å². The number of nitrogens with zero attached hydrogens (tertiary/aromatic N) is 1. The van der Waals surface area contributed by atoms with Crippen molar-refractivity contribution in [3.05, 3.63) is 0 Å². The number of hydrogen-bond donors (Lipinski definition) is 0. The summed E-state index contributed by atoms with van der Waals surface area (Å²) < 4.78 is 10.0. The lowest BCUT2D eigenvalue weighted by Crippen LogP contribution is -2.43. The predicted molar refractivity (Wildman–Crippen MR) is 75.4 cm³/mol. The van der Waals surface area contributed by atoms with Crippen molar-refractivity contribution in [3.8, 4) is 0 Å². The first-order valence-electron chi connectivity index (χ1n) is 6.38. The molecule has 0 spiro atoms. The molecule has 6 nitrogen and oxygen atoms in total. The van der Waals surface area contributed by atoms with Crippen LogP contribution in [0.1, 0.15) is 34.1 Å². The van der Waals surface area contributed by atoms with Gasteiger partial charge in [-0.1, -0.05) is 11.8 Å². The molecule has 1 fully saturated rings. The highest BCUT2D eigenvalue weighted by molar-refractivity contribution is 8.14. The van der Waals surface area contributed by atoms with E-state index in [-0.39, 0.29) is 10.4 Å². The fourth-order valence-electron chi connectivity index (χ4n) is 2.00. The summed E-state index contributed by atoms with van der Waals surface area (Å²) >= 11 is 1.14. The lowest BCUT2D eigenvalue weighted by molar-refractivity contribution is -0.145. The maximum absolute atomic E-state index is 12.1. The predicted octanol–water partition coefficient (Wildman–Crippen LogP) is 1.82. The zero-order valence-corrected chi connectivity index (χ0v) is 13.3. The zero-order chi connectivity index (χ0) is 15.5. The van der Waals surface area contributed by atoms with Crippen LogP contribution in [0.15, 0.2) is 0 Å².